The van der Waals surface area contributed by atoms with Crippen molar-refractivity contribution in [2.75, 3.05) is 0 Å². The van der Waals surface area contributed by atoms with Crippen LogP contribution in [-0.2, 0) is 9.59 Å². The number of ketones is 1. The van der Waals surface area contributed by atoms with Crippen LogP contribution in [0.3, 0.4) is 0 Å². The lowest BCUT2D eigenvalue weighted by Crippen LogP contribution is -2.46. The maximum absolute atomic E-state index is 12.5. The van der Waals surface area contributed by atoms with E-state index in [-0.39, 0.29) is 17.1 Å². The summed E-state index contributed by atoms with van der Waals surface area (Å²) in [4.78, 5) is 24.8. The van der Waals surface area contributed by atoms with Crippen molar-refractivity contribution < 1.29 is 9.59 Å². The molecule has 2 atom stereocenters. The third kappa shape index (κ3) is 1.69. The predicted octanol–water partition coefficient (Wildman–Crippen LogP) is 2.64. The summed E-state index contributed by atoms with van der Waals surface area (Å²) in [7, 11) is -2.01. The molecule has 18 heavy (non-hydrogen) atoms. The number of nitriles is 1. The largest absolute Gasteiger partial charge is 0.300 e. The fraction of sp³-hybridized carbons (Fsp3) is 0.643. The van der Waals surface area contributed by atoms with E-state index in [1.54, 1.807) is 0 Å². The summed E-state index contributed by atoms with van der Waals surface area (Å²) in [6.07, 6.45) is 4.77. The predicted molar refractivity (Wildman–Crippen MR) is 71.4 cm³/mol. The first-order chi connectivity index (χ1) is 8.34. The Kier molecular flexibility index (Phi) is 3.06. The summed E-state index contributed by atoms with van der Waals surface area (Å²) < 4.78 is 0. The average molecular weight is 261 g/mol. The molecule has 3 nitrogen and oxygen atoms in total. The van der Waals surface area contributed by atoms with E-state index in [0.717, 1.165) is 12.8 Å². The first-order valence-electron chi connectivity index (χ1n) is 6.54. The molecule has 2 rings (SSSR count). The van der Waals surface area contributed by atoms with Crippen LogP contribution in [0.2, 0.25) is 19.6 Å². The molecule has 0 aromatic carbocycles. The molecule has 0 bridgehead atoms. The normalized spacial score (nSPS) is 31.6. The second-order valence-corrected chi connectivity index (χ2v) is 11.3. The second kappa shape index (κ2) is 4.17. The van der Waals surface area contributed by atoms with Crippen molar-refractivity contribution in [3.63, 3.8) is 0 Å². The maximum atomic E-state index is 12.5. The quantitative estimate of drug-likeness (QED) is 0.718. The molecule has 2 aliphatic carbocycles. The van der Waals surface area contributed by atoms with E-state index in [2.05, 4.69) is 6.07 Å². The highest BCUT2D eigenvalue weighted by Gasteiger charge is 2.56. The summed E-state index contributed by atoms with van der Waals surface area (Å²) in [5, 5.41) is 9.64. The zero-order valence-corrected chi connectivity index (χ0v) is 12.2. The Morgan fingerprint density at radius 2 is 2.17 bits per heavy atom. The molecule has 0 aromatic heterocycles. The fourth-order valence-electron chi connectivity index (χ4n) is 3.13. The number of allylic oxidation sites excluding steroid dienone is 2. The lowest BCUT2D eigenvalue weighted by molar-refractivity contribution is -0.129. The molecule has 1 fully saturated rings. The topological polar surface area (TPSA) is 57.9 Å². The van der Waals surface area contributed by atoms with E-state index in [1.807, 2.05) is 25.7 Å². The van der Waals surface area contributed by atoms with Crippen LogP contribution >= 0.6 is 0 Å². The Bertz CT molecular complexity index is 481. The average Bonchev–Trinajstić information content (AvgIpc) is 2.67. The zero-order valence-electron chi connectivity index (χ0n) is 11.2. The van der Waals surface area contributed by atoms with E-state index in [1.165, 1.54) is 0 Å². The SMILES string of the molecule is C[Si](C)(C)C(=O)C1=CC[C@H]2CCCC(=O)[C@@]12C#N. The Balaban J connectivity index is 2.47. The Morgan fingerprint density at radius 3 is 2.72 bits per heavy atom. The number of hydrogen-bond donors (Lipinski definition) is 0. The van der Waals surface area contributed by atoms with Gasteiger partial charge in [-0.25, -0.2) is 0 Å². The molecular weight excluding hydrogens is 242 g/mol. The molecule has 0 amide bonds. The molecule has 2 aliphatic rings. The summed E-state index contributed by atoms with van der Waals surface area (Å²) in [5.41, 5.74) is -0.575. The molecule has 1 saturated carbocycles. The van der Waals surface area contributed by atoms with Crippen LogP contribution in [0.5, 0.6) is 0 Å². The van der Waals surface area contributed by atoms with E-state index in [9.17, 15) is 14.9 Å². The van der Waals surface area contributed by atoms with E-state index < -0.39 is 13.5 Å². The standard InChI is InChI=1S/C14H19NO2Si/c1-18(2,3)13(17)11-8-7-10-5-4-6-12(16)14(10,11)9-15/h8,10H,4-7H2,1-3H3/t10-,14-/m1/s1. The van der Waals surface area contributed by atoms with E-state index in [0.29, 0.717) is 18.4 Å². The van der Waals surface area contributed by atoms with Crippen molar-refractivity contribution in [2.45, 2.75) is 45.3 Å². The lowest BCUT2D eigenvalue weighted by Gasteiger charge is -2.35. The number of Topliss-reactive ketones (excluding diaryl/α,β-unsaturated/α-hetero) is 1. The van der Waals surface area contributed by atoms with Crippen molar-refractivity contribution in [3.8, 4) is 6.07 Å². The molecule has 0 heterocycles. The van der Waals surface area contributed by atoms with Crippen molar-refractivity contribution in [2.24, 2.45) is 11.3 Å². The monoisotopic (exact) mass is 261 g/mol. The Labute approximate surface area is 109 Å². The Morgan fingerprint density at radius 1 is 1.50 bits per heavy atom. The number of rotatable bonds is 2. The molecule has 0 aromatic rings. The van der Waals surface area contributed by atoms with Gasteiger partial charge in [0.15, 0.2) is 5.78 Å². The van der Waals surface area contributed by atoms with Crippen molar-refractivity contribution in [1.82, 2.24) is 0 Å². The summed E-state index contributed by atoms with van der Waals surface area (Å²) in [6, 6.07) is 2.22. The van der Waals surface area contributed by atoms with Crippen LogP contribution in [-0.4, -0.2) is 19.3 Å². The molecule has 0 N–H and O–H groups in total. The number of carbonyl (C=O) groups excluding carboxylic acids is 2. The van der Waals surface area contributed by atoms with Crippen LogP contribution in [0.1, 0.15) is 25.7 Å². The minimum absolute atomic E-state index is 0.0309. The minimum atomic E-state index is -2.01. The third-order valence-corrected chi connectivity index (χ3v) is 5.77. The van der Waals surface area contributed by atoms with Crippen LogP contribution in [0, 0.1) is 22.7 Å². The van der Waals surface area contributed by atoms with Crippen LogP contribution in [0.15, 0.2) is 11.6 Å². The van der Waals surface area contributed by atoms with Crippen LogP contribution in [0.25, 0.3) is 0 Å². The van der Waals surface area contributed by atoms with Gasteiger partial charge in [0.1, 0.15) is 18.9 Å². The lowest BCUT2D eigenvalue weighted by atomic mass is 9.65. The summed E-state index contributed by atoms with van der Waals surface area (Å²) >= 11 is 0. The second-order valence-electron chi connectivity index (χ2n) is 6.36. The number of nitrogens with zero attached hydrogens (tertiary/aromatic N) is 1. The third-order valence-electron chi connectivity index (χ3n) is 4.14. The van der Waals surface area contributed by atoms with Gasteiger partial charge in [0.25, 0.3) is 0 Å². The van der Waals surface area contributed by atoms with Gasteiger partial charge in [-0.3, -0.25) is 4.79 Å². The number of carbonyl (C=O) groups is 2. The molecule has 0 radical (unpaired) electrons. The molecule has 0 aliphatic heterocycles. The molecule has 0 unspecified atom stereocenters. The van der Waals surface area contributed by atoms with Gasteiger partial charge < -0.3 is 4.79 Å². The van der Waals surface area contributed by atoms with Gasteiger partial charge in [-0.05, 0) is 25.2 Å². The van der Waals surface area contributed by atoms with E-state index >= 15 is 0 Å². The van der Waals surface area contributed by atoms with Crippen molar-refractivity contribution >= 4 is 19.3 Å². The smallest absolute Gasteiger partial charge is 0.157 e. The highest BCUT2D eigenvalue weighted by atomic mass is 28.3. The molecule has 0 spiro atoms. The maximum Gasteiger partial charge on any atom is 0.157 e. The zero-order chi connectivity index (χ0) is 13.6. The van der Waals surface area contributed by atoms with Gasteiger partial charge in [0.05, 0.1) is 6.07 Å². The first kappa shape index (κ1) is 13.2. The van der Waals surface area contributed by atoms with Gasteiger partial charge >= 0.3 is 0 Å². The molecule has 4 heteroatoms. The minimum Gasteiger partial charge on any atom is -0.300 e. The number of fused-ring (bicyclic) bond motifs is 1. The highest BCUT2D eigenvalue weighted by Crippen LogP contribution is 2.51. The molecule has 96 valence electrons. The van der Waals surface area contributed by atoms with Gasteiger partial charge in [-0.15, -0.1) is 0 Å². The van der Waals surface area contributed by atoms with Crippen LogP contribution < -0.4 is 0 Å². The number of hydrogen-bond acceptors (Lipinski definition) is 3. The van der Waals surface area contributed by atoms with Gasteiger partial charge in [-0.1, -0.05) is 25.7 Å². The van der Waals surface area contributed by atoms with Crippen molar-refractivity contribution in [3.05, 3.63) is 11.6 Å². The highest BCUT2D eigenvalue weighted by molar-refractivity contribution is 7.05. The Hall–Kier alpha value is -1.21. The summed E-state index contributed by atoms with van der Waals surface area (Å²) in [6.45, 7) is 5.92. The van der Waals surface area contributed by atoms with E-state index in [4.69, 9.17) is 0 Å². The molecular formula is C14H19NO2Si. The van der Waals surface area contributed by atoms with Gasteiger partial charge in [0.2, 0.25) is 0 Å². The van der Waals surface area contributed by atoms with Crippen LogP contribution in [0.4, 0.5) is 0 Å². The van der Waals surface area contributed by atoms with Gasteiger partial charge in [0, 0.05) is 12.0 Å². The fourth-order valence-corrected chi connectivity index (χ4v) is 4.23. The summed E-state index contributed by atoms with van der Waals surface area (Å²) in [5.74, 6) is 0.00986. The van der Waals surface area contributed by atoms with Gasteiger partial charge in [-0.2, -0.15) is 5.26 Å². The van der Waals surface area contributed by atoms with Crippen molar-refractivity contribution in [1.29, 1.82) is 5.26 Å². The first-order valence-corrected chi connectivity index (χ1v) is 10.0. The molecule has 0 saturated heterocycles.